The number of hydrogen-bond acceptors (Lipinski definition) is 4. The van der Waals surface area contributed by atoms with Crippen LogP contribution in [0.1, 0.15) is 44.6 Å². The number of methoxy groups -OCH3 is 1. The SMILES string of the molecule is COc1cc(F)c(Cl)cc1C1CCN(C(=O)C(C)CC2(C)NC(=O)NC2=O)CC1. The summed E-state index contributed by atoms with van der Waals surface area (Å²) in [5.41, 5.74) is -0.236. The number of halogens is 2. The van der Waals surface area contributed by atoms with Gasteiger partial charge in [-0.05, 0) is 43.7 Å². The second-order valence-corrected chi connectivity index (χ2v) is 8.36. The molecule has 3 rings (SSSR count). The van der Waals surface area contributed by atoms with Crippen LogP contribution in [0.25, 0.3) is 0 Å². The van der Waals surface area contributed by atoms with Crippen molar-refractivity contribution in [2.24, 2.45) is 5.92 Å². The summed E-state index contributed by atoms with van der Waals surface area (Å²) in [6, 6.07) is 2.35. The van der Waals surface area contributed by atoms with Crippen molar-refractivity contribution >= 4 is 29.4 Å². The van der Waals surface area contributed by atoms with E-state index >= 15 is 0 Å². The number of hydrogen-bond donors (Lipinski definition) is 2. The molecule has 2 N–H and O–H groups in total. The molecule has 2 aliphatic heterocycles. The van der Waals surface area contributed by atoms with E-state index in [0.717, 1.165) is 5.56 Å². The van der Waals surface area contributed by atoms with Crippen molar-refractivity contribution in [3.63, 3.8) is 0 Å². The van der Waals surface area contributed by atoms with Gasteiger partial charge in [0, 0.05) is 25.1 Å². The van der Waals surface area contributed by atoms with Gasteiger partial charge in [-0.2, -0.15) is 0 Å². The highest BCUT2D eigenvalue weighted by Crippen LogP contribution is 2.37. The van der Waals surface area contributed by atoms with E-state index in [1.165, 1.54) is 13.2 Å². The molecule has 2 aliphatic rings. The lowest BCUT2D eigenvalue weighted by atomic mass is 9.86. The lowest BCUT2D eigenvalue weighted by Crippen LogP contribution is -2.48. The first-order valence-corrected chi connectivity index (χ1v) is 9.97. The van der Waals surface area contributed by atoms with Crippen molar-refractivity contribution in [2.45, 2.75) is 44.6 Å². The van der Waals surface area contributed by atoms with Gasteiger partial charge in [-0.3, -0.25) is 14.9 Å². The van der Waals surface area contributed by atoms with Crippen molar-refractivity contribution in [1.29, 1.82) is 0 Å². The number of benzene rings is 1. The highest BCUT2D eigenvalue weighted by atomic mass is 35.5. The van der Waals surface area contributed by atoms with Crippen molar-refractivity contribution in [1.82, 2.24) is 15.5 Å². The summed E-state index contributed by atoms with van der Waals surface area (Å²) in [7, 11) is 1.49. The molecular formula is C20H25ClFN3O4. The number of piperidine rings is 1. The van der Waals surface area contributed by atoms with Crippen LogP contribution in [-0.2, 0) is 9.59 Å². The summed E-state index contributed by atoms with van der Waals surface area (Å²) in [4.78, 5) is 38.0. The Morgan fingerprint density at radius 1 is 1.38 bits per heavy atom. The van der Waals surface area contributed by atoms with Crippen LogP contribution < -0.4 is 15.4 Å². The Labute approximate surface area is 173 Å². The van der Waals surface area contributed by atoms with Crippen molar-refractivity contribution in [3.05, 3.63) is 28.5 Å². The van der Waals surface area contributed by atoms with Crippen molar-refractivity contribution in [2.75, 3.05) is 20.2 Å². The van der Waals surface area contributed by atoms with E-state index in [4.69, 9.17) is 16.3 Å². The zero-order valence-electron chi connectivity index (χ0n) is 16.7. The van der Waals surface area contributed by atoms with Gasteiger partial charge in [-0.15, -0.1) is 0 Å². The summed E-state index contributed by atoms with van der Waals surface area (Å²) >= 11 is 5.94. The molecule has 2 atom stereocenters. The second-order valence-electron chi connectivity index (χ2n) is 7.95. The van der Waals surface area contributed by atoms with Crippen molar-refractivity contribution in [3.8, 4) is 5.75 Å². The van der Waals surface area contributed by atoms with E-state index in [1.807, 2.05) is 0 Å². The van der Waals surface area contributed by atoms with Crippen LogP contribution in [0.15, 0.2) is 12.1 Å². The Bertz CT molecular complexity index is 841. The number of carbonyl (C=O) groups excluding carboxylic acids is 3. The molecule has 0 aliphatic carbocycles. The first-order chi connectivity index (χ1) is 13.6. The smallest absolute Gasteiger partial charge is 0.322 e. The number of likely N-dealkylation sites (tertiary alicyclic amines) is 1. The molecule has 0 radical (unpaired) electrons. The Morgan fingerprint density at radius 2 is 2.03 bits per heavy atom. The molecular weight excluding hydrogens is 401 g/mol. The molecule has 0 aromatic heterocycles. The fraction of sp³-hybridized carbons (Fsp3) is 0.550. The molecule has 0 bridgehead atoms. The third-order valence-corrected chi connectivity index (χ3v) is 6.06. The number of nitrogens with zero attached hydrogens (tertiary/aromatic N) is 1. The maximum absolute atomic E-state index is 13.7. The number of amides is 4. The number of ether oxygens (including phenoxy) is 1. The molecule has 2 unspecified atom stereocenters. The predicted octanol–water partition coefficient (Wildman–Crippen LogP) is 2.82. The van der Waals surface area contributed by atoms with Gasteiger partial charge in [0.2, 0.25) is 5.91 Å². The summed E-state index contributed by atoms with van der Waals surface area (Å²) in [5, 5.41) is 4.86. The number of rotatable bonds is 5. The van der Waals surface area contributed by atoms with Crippen LogP contribution in [0.2, 0.25) is 5.02 Å². The molecule has 7 nitrogen and oxygen atoms in total. The number of imide groups is 1. The summed E-state index contributed by atoms with van der Waals surface area (Å²) < 4.78 is 19.0. The maximum atomic E-state index is 13.7. The van der Waals surface area contributed by atoms with Crippen LogP contribution in [-0.4, -0.2) is 48.5 Å². The standard InChI is InChI=1S/C20H25ClFN3O4/c1-11(10-20(2)18(27)23-19(28)24-20)17(26)25-6-4-12(5-7-25)13-8-14(21)15(22)9-16(13)29-3/h8-9,11-12H,4-7,10H2,1-3H3,(H2,23,24,27,28). The lowest BCUT2D eigenvalue weighted by Gasteiger charge is -2.35. The Balaban J connectivity index is 1.62. The molecule has 2 heterocycles. The first kappa shape index (κ1) is 21.4. The Kier molecular flexibility index (Phi) is 6.03. The largest absolute Gasteiger partial charge is 0.496 e. The highest BCUT2D eigenvalue weighted by Gasteiger charge is 2.44. The molecule has 158 valence electrons. The minimum atomic E-state index is -1.08. The van der Waals surface area contributed by atoms with E-state index in [-0.39, 0.29) is 23.3 Å². The van der Waals surface area contributed by atoms with E-state index in [0.29, 0.717) is 31.7 Å². The average Bonchev–Trinajstić information content (AvgIpc) is 2.94. The zero-order valence-corrected chi connectivity index (χ0v) is 17.4. The molecule has 0 spiro atoms. The van der Waals surface area contributed by atoms with Gasteiger partial charge in [0.05, 0.1) is 12.1 Å². The van der Waals surface area contributed by atoms with E-state index < -0.39 is 29.2 Å². The topological polar surface area (TPSA) is 87.7 Å². The first-order valence-electron chi connectivity index (χ1n) is 9.60. The number of carbonyl (C=O) groups is 3. The minimum absolute atomic E-state index is 0.0530. The van der Waals surface area contributed by atoms with Crippen LogP contribution in [0.3, 0.4) is 0 Å². The summed E-state index contributed by atoms with van der Waals surface area (Å²) in [6.07, 6.45) is 1.63. The Hall–Kier alpha value is -2.35. The van der Waals surface area contributed by atoms with Gasteiger partial charge in [-0.25, -0.2) is 9.18 Å². The van der Waals surface area contributed by atoms with Gasteiger partial charge >= 0.3 is 6.03 Å². The van der Waals surface area contributed by atoms with Crippen LogP contribution >= 0.6 is 11.6 Å². The van der Waals surface area contributed by atoms with Gasteiger partial charge in [-0.1, -0.05) is 18.5 Å². The maximum Gasteiger partial charge on any atom is 0.322 e. The minimum Gasteiger partial charge on any atom is -0.496 e. The lowest BCUT2D eigenvalue weighted by molar-refractivity contribution is -0.137. The number of nitrogens with one attached hydrogen (secondary N) is 2. The van der Waals surface area contributed by atoms with E-state index in [9.17, 15) is 18.8 Å². The second kappa shape index (κ2) is 8.18. The fourth-order valence-corrected chi connectivity index (χ4v) is 4.36. The fourth-order valence-electron chi connectivity index (χ4n) is 4.19. The van der Waals surface area contributed by atoms with Crippen molar-refractivity contribution < 1.29 is 23.5 Å². The number of urea groups is 1. The predicted molar refractivity (Wildman–Crippen MR) is 105 cm³/mol. The van der Waals surface area contributed by atoms with Crippen LogP contribution in [0.4, 0.5) is 9.18 Å². The molecule has 2 saturated heterocycles. The summed E-state index contributed by atoms with van der Waals surface area (Å²) in [5.74, 6) is -0.842. The Morgan fingerprint density at radius 3 is 2.59 bits per heavy atom. The average molecular weight is 426 g/mol. The van der Waals surface area contributed by atoms with E-state index in [1.54, 1.807) is 24.8 Å². The molecule has 1 aromatic rings. The normalized spacial score (nSPS) is 23.6. The molecule has 1 aromatic carbocycles. The van der Waals surface area contributed by atoms with Crippen LogP contribution in [0, 0.1) is 11.7 Å². The molecule has 0 saturated carbocycles. The van der Waals surface area contributed by atoms with Gasteiger partial charge in [0.1, 0.15) is 17.1 Å². The summed E-state index contributed by atoms with van der Waals surface area (Å²) in [6.45, 7) is 4.47. The molecule has 9 heteroatoms. The van der Waals surface area contributed by atoms with Gasteiger partial charge in [0.15, 0.2) is 0 Å². The third kappa shape index (κ3) is 4.32. The molecule has 4 amide bonds. The molecule has 29 heavy (non-hydrogen) atoms. The monoisotopic (exact) mass is 425 g/mol. The van der Waals surface area contributed by atoms with E-state index in [2.05, 4.69) is 10.6 Å². The van der Waals surface area contributed by atoms with Gasteiger partial charge in [0.25, 0.3) is 5.91 Å². The molecule has 2 fully saturated rings. The zero-order chi connectivity index (χ0) is 21.3. The van der Waals surface area contributed by atoms with Crippen LogP contribution in [0.5, 0.6) is 5.75 Å². The quantitative estimate of drug-likeness (QED) is 0.710. The highest BCUT2D eigenvalue weighted by molar-refractivity contribution is 6.30. The third-order valence-electron chi connectivity index (χ3n) is 5.77. The van der Waals surface area contributed by atoms with Gasteiger partial charge < -0.3 is 15.0 Å².